The molecule has 1 unspecified atom stereocenters. The number of anilines is 2. The maximum absolute atomic E-state index is 12.0. The van der Waals surface area contributed by atoms with Crippen molar-refractivity contribution >= 4 is 44.2 Å². The predicted molar refractivity (Wildman–Crippen MR) is 150 cm³/mol. The van der Waals surface area contributed by atoms with Crippen LogP contribution in [0.5, 0.6) is 5.75 Å². The standard InChI is InChI=1S/C29H33N3O5S/c1-19(2)17-32-24-10-9-20(38(33,34)35)15-23(24)28(3,4)29(32)18-30-27-22-8-6-5-7-21(22)25(16-26(27)37-29)31-11-13-36-14-12-31/h5-10,15-16,18-19H,11-14,17H2,1-4H3,(H,33,34,35). The first-order chi connectivity index (χ1) is 18.0. The van der Waals surface area contributed by atoms with Gasteiger partial charge in [-0.15, -0.1) is 0 Å². The summed E-state index contributed by atoms with van der Waals surface area (Å²) in [5.74, 6) is 0.992. The van der Waals surface area contributed by atoms with Gasteiger partial charge < -0.3 is 19.3 Å². The molecule has 0 saturated carbocycles. The Labute approximate surface area is 223 Å². The number of ether oxygens (including phenoxy) is 2. The molecule has 200 valence electrons. The van der Waals surface area contributed by atoms with Gasteiger partial charge in [-0.2, -0.15) is 8.42 Å². The summed E-state index contributed by atoms with van der Waals surface area (Å²) < 4.78 is 46.5. The number of morpholine rings is 1. The van der Waals surface area contributed by atoms with Gasteiger partial charge >= 0.3 is 0 Å². The minimum Gasteiger partial charge on any atom is -0.459 e. The van der Waals surface area contributed by atoms with Gasteiger partial charge in [-0.25, -0.2) is 0 Å². The zero-order valence-electron chi connectivity index (χ0n) is 22.1. The predicted octanol–water partition coefficient (Wildman–Crippen LogP) is 5.17. The van der Waals surface area contributed by atoms with E-state index < -0.39 is 21.3 Å². The molecular formula is C29H33N3O5S. The van der Waals surface area contributed by atoms with Crippen LogP contribution in [0.4, 0.5) is 17.1 Å². The number of nitrogens with zero attached hydrogens (tertiary/aromatic N) is 3. The molecule has 3 aliphatic heterocycles. The molecule has 8 nitrogen and oxygen atoms in total. The van der Waals surface area contributed by atoms with E-state index in [1.54, 1.807) is 12.1 Å². The molecule has 3 aliphatic rings. The molecule has 1 atom stereocenters. The van der Waals surface area contributed by atoms with Gasteiger partial charge in [0.1, 0.15) is 5.69 Å². The van der Waals surface area contributed by atoms with Gasteiger partial charge in [-0.1, -0.05) is 38.1 Å². The van der Waals surface area contributed by atoms with Crippen molar-refractivity contribution in [2.24, 2.45) is 10.9 Å². The van der Waals surface area contributed by atoms with Crippen LogP contribution in [0, 0.1) is 5.92 Å². The quantitative estimate of drug-likeness (QED) is 0.461. The highest BCUT2D eigenvalue weighted by Crippen LogP contribution is 2.56. The highest BCUT2D eigenvalue weighted by molar-refractivity contribution is 7.85. The van der Waals surface area contributed by atoms with E-state index in [-0.39, 0.29) is 4.90 Å². The zero-order valence-corrected chi connectivity index (χ0v) is 23.0. The van der Waals surface area contributed by atoms with Crippen LogP contribution in [-0.2, 0) is 20.3 Å². The maximum Gasteiger partial charge on any atom is 0.294 e. The van der Waals surface area contributed by atoms with E-state index in [1.807, 2.05) is 32.2 Å². The molecule has 1 fully saturated rings. The van der Waals surface area contributed by atoms with Gasteiger partial charge in [0, 0.05) is 47.8 Å². The lowest BCUT2D eigenvalue weighted by molar-refractivity contribution is 0.0756. The lowest BCUT2D eigenvalue weighted by Crippen LogP contribution is -2.62. The van der Waals surface area contributed by atoms with Crippen molar-refractivity contribution in [3.8, 4) is 5.75 Å². The summed E-state index contributed by atoms with van der Waals surface area (Å²) in [5, 5.41) is 2.14. The average Bonchev–Trinajstić information content (AvgIpc) is 3.06. The Bertz CT molecular complexity index is 1560. The van der Waals surface area contributed by atoms with Crippen molar-refractivity contribution in [1.29, 1.82) is 0 Å². The molecule has 3 aromatic carbocycles. The highest BCUT2D eigenvalue weighted by Gasteiger charge is 2.60. The second-order valence-electron chi connectivity index (χ2n) is 11.2. The van der Waals surface area contributed by atoms with E-state index in [2.05, 4.69) is 41.8 Å². The van der Waals surface area contributed by atoms with Gasteiger partial charge in [0.15, 0.2) is 5.75 Å². The highest BCUT2D eigenvalue weighted by atomic mass is 32.2. The Balaban J connectivity index is 1.54. The van der Waals surface area contributed by atoms with Gasteiger partial charge in [0.05, 0.1) is 29.7 Å². The summed E-state index contributed by atoms with van der Waals surface area (Å²) in [5.41, 5.74) is 1.86. The molecule has 9 heteroatoms. The van der Waals surface area contributed by atoms with Crippen LogP contribution in [0.15, 0.2) is 58.4 Å². The van der Waals surface area contributed by atoms with E-state index in [1.165, 1.54) is 6.07 Å². The molecule has 6 rings (SSSR count). The van der Waals surface area contributed by atoms with E-state index in [0.29, 0.717) is 31.4 Å². The molecule has 0 bridgehead atoms. The molecular weight excluding hydrogens is 502 g/mol. The average molecular weight is 536 g/mol. The normalized spacial score (nSPS) is 22.2. The lowest BCUT2D eigenvalue weighted by Gasteiger charge is -2.47. The molecule has 38 heavy (non-hydrogen) atoms. The fourth-order valence-electron chi connectivity index (χ4n) is 6.07. The third-order valence-electron chi connectivity index (χ3n) is 8.02. The van der Waals surface area contributed by atoms with Crippen molar-refractivity contribution in [2.75, 3.05) is 42.6 Å². The molecule has 3 heterocycles. The van der Waals surface area contributed by atoms with E-state index in [0.717, 1.165) is 46.5 Å². The fraction of sp³-hybridized carbons (Fsp3) is 0.414. The molecule has 1 saturated heterocycles. The molecule has 1 N–H and O–H groups in total. The topological polar surface area (TPSA) is 91.7 Å². The van der Waals surface area contributed by atoms with Gasteiger partial charge in [-0.3, -0.25) is 9.55 Å². The Morgan fingerprint density at radius 3 is 2.42 bits per heavy atom. The largest absolute Gasteiger partial charge is 0.459 e. The van der Waals surface area contributed by atoms with Crippen LogP contribution >= 0.6 is 0 Å². The van der Waals surface area contributed by atoms with Gasteiger partial charge in [0.25, 0.3) is 10.1 Å². The SMILES string of the molecule is CC(C)CN1c2ccc(S(=O)(=O)O)cc2C(C)(C)C12C=Nc1c(cc(N3CCOCC3)c3ccccc13)O2. The summed E-state index contributed by atoms with van der Waals surface area (Å²) in [4.78, 5) is 9.45. The molecule has 1 spiro atoms. The molecule has 0 aliphatic carbocycles. The van der Waals surface area contributed by atoms with Crippen LogP contribution in [0.2, 0.25) is 0 Å². The smallest absolute Gasteiger partial charge is 0.294 e. The number of rotatable bonds is 4. The van der Waals surface area contributed by atoms with Gasteiger partial charge in [0.2, 0.25) is 5.72 Å². The Morgan fingerprint density at radius 2 is 1.74 bits per heavy atom. The van der Waals surface area contributed by atoms with Crippen LogP contribution in [0.1, 0.15) is 33.3 Å². The Morgan fingerprint density at radius 1 is 1.03 bits per heavy atom. The maximum atomic E-state index is 12.0. The zero-order chi connectivity index (χ0) is 26.9. The second kappa shape index (κ2) is 8.69. The first kappa shape index (κ1) is 25.2. The van der Waals surface area contributed by atoms with Crippen LogP contribution in [-0.4, -0.2) is 57.8 Å². The van der Waals surface area contributed by atoms with Crippen molar-refractivity contribution in [2.45, 2.75) is 43.7 Å². The number of aliphatic imine (C=N–C) groups is 1. The van der Waals surface area contributed by atoms with Crippen LogP contribution in [0.3, 0.4) is 0 Å². The van der Waals surface area contributed by atoms with Crippen molar-refractivity contribution in [3.05, 3.63) is 54.1 Å². The van der Waals surface area contributed by atoms with Crippen molar-refractivity contribution in [3.63, 3.8) is 0 Å². The van der Waals surface area contributed by atoms with E-state index in [9.17, 15) is 13.0 Å². The number of fused-ring (bicyclic) bond motifs is 4. The third-order valence-corrected chi connectivity index (χ3v) is 8.87. The van der Waals surface area contributed by atoms with E-state index in [4.69, 9.17) is 14.5 Å². The molecule has 0 amide bonds. The number of hydrogen-bond acceptors (Lipinski definition) is 7. The van der Waals surface area contributed by atoms with Crippen LogP contribution in [0.25, 0.3) is 10.8 Å². The first-order valence-electron chi connectivity index (χ1n) is 13.1. The van der Waals surface area contributed by atoms with Crippen molar-refractivity contribution < 1.29 is 22.4 Å². The van der Waals surface area contributed by atoms with Crippen LogP contribution < -0.4 is 14.5 Å². The fourth-order valence-corrected chi connectivity index (χ4v) is 6.58. The summed E-state index contributed by atoms with van der Waals surface area (Å²) >= 11 is 0. The second-order valence-corrected chi connectivity index (χ2v) is 12.6. The molecule has 3 aromatic rings. The minimum atomic E-state index is -4.36. The van der Waals surface area contributed by atoms with Gasteiger partial charge in [-0.05, 0) is 43.5 Å². The summed E-state index contributed by atoms with van der Waals surface area (Å²) in [7, 11) is -4.36. The monoisotopic (exact) mass is 535 g/mol. The van der Waals surface area contributed by atoms with E-state index >= 15 is 0 Å². The Hall–Kier alpha value is -3.14. The molecule has 0 aromatic heterocycles. The Kier molecular flexibility index (Phi) is 5.75. The summed E-state index contributed by atoms with van der Waals surface area (Å²) in [6.45, 7) is 12.0. The number of hydrogen-bond donors (Lipinski definition) is 1. The summed E-state index contributed by atoms with van der Waals surface area (Å²) in [6, 6.07) is 15.1. The third kappa shape index (κ3) is 3.71. The lowest BCUT2D eigenvalue weighted by atomic mass is 9.77. The first-order valence-corrected chi connectivity index (χ1v) is 14.5. The summed E-state index contributed by atoms with van der Waals surface area (Å²) in [6.07, 6.45) is 1.88. The minimum absolute atomic E-state index is 0.125. The number of benzene rings is 3. The molecule has 0 radical (unpaired) electrons. The van der Waals surface area contributed by atoms with Crippen molar-refractivity contribution in [1.82, 2.24) is 0 Å².